The number of carbonyl (C=O) groups is 1. The molecule has 0 spiro atoms. The molecule has 106 valence electrons. The molecule has 7 heteroatoms. The van der Waals surface area contributed by atoms with Crippen LogP contribution in [0.2, 0.25) is 5.02 Å². The van der Waals surface area contributed by atoms with E-state index in [2.05, 4.69) is 5.32 Å². The van der Waals surface area contributed by atoms with E-state index in [-0.39, 0.29) is 28.1 Å². The highest BCUT2D eigenvalue weighted by Crippen LogP contribution is 2.22. The standard InChI is InChI=1S/C12H16ClNO4S/c1-3-9(7-15)14-12(16)8-4-5-10(13)11(6-8)19(2,17)18/h4-6,9,15H,3,7H2,1-2H3,(H,14,16)/t9-/m0/s1. The first kappa shape index (κ1) is 15.9. The van der Waals surface area contributed by atoms with Gasteiger partial charge in [0.05, 0.1) is 22.6 Å². The van der Waals surface area contributed by atoms with E-state index in [1.165, 1.54) is 18.2 Å². The molecule has 1 aromatic carbocycles. The molecule has 1 aromatic rings. The van der Waals surface area contributed by atoms with Gasteiger partial charge >= 0.3 is 0 Å². The average molecular weight is 306 g/mol. The van der Waals surface area contributed by atoms with Crippen molar-refractivity contribution >= 4 is 27.3 Å². The van der Waals surface area contributed by atoms with Crippen LogP contribution in [0.4, 0.5) is 0 Å². The normalized spacial score (nSPS) is 13.1. The van der Waals surface area contributed by atoms with Crippen molar-refractivity contribution in [3.8, 4) is 0 Å². The van der Waals surface area contributed by atoms with Gasteiger partial charge < -0.3 is 10.4 Å². The van der Waals surface area contributed by atoms with Crippen molar-refractivity contribution < 1.29 is 18.3 Å². The van der Waals surface area contributed by atoms with E-state index < -0.39 is 15.7 Å². The number of aliphatic hydroxyl groups is 1. The molecule has 0 saturated heterocycles. The summed E-state index contributed by atoms with van der Waals surface area (Å²) in [5, 5.41) is 11.7. The quantitative estimate of drug-likeness (QED) is 0.857. The molecular formula is C12H16ClNO4S. The van der Waals surface area contributed by atoms with Crippen molar-refractivity contribution in [3.05, 3.63) is 28.8 Å². The van der Waals surface area contributed by atoms with E-state index >= 15 is 0 Å². The highest BCUT2D eigenvalue weighted by atomic mass is 35.5. The Morgan fingerprint density at radius 2 is 2.11 bits per heavy atom. The summed E-state index contributed by atoms with van der Waals surface area (Å²) in [7, 11) is -3.49. The molecule has 0 saturated carbocycles. The lowest BCUT2D eigenvalue weighted by Gasteiger charge is -2.14. The fraction of sp³-hybridized carbons (Fsp3) is 0.417. The fourth-order valence-corrected chi connectivity index (χ4v) is 2.78. The third-order valence-corrected chi connectivity index (χ3v) is 4.22. The molecule has 19 heavy (non-hydrogen) atoms. The SMILES string of the molecule is CC[C@@H](CO)NC(=O)c1ccc(Cl)c(S(C)(=O)=O)c1. The molecule has 0 heterocycles. The zero-order chi connectivity index (χ0) is 14.6. The van der Waals surface area contributed by atoms with Gasteiger partial charge in [-0.25, -0.2) is 8.42 Å². The number of amides is 1. The van der Waals surface area contributed by atoms with Crippen LogP contribution in [0.1, 0.15) is 23.7 Å². The second-order valence-electron chi connectivity index (χ2n) is 4.18. The van der Waals surface area contributed by atoms with Gasteiger partial charge in [0.1, 0.15) is 0 Å². The van der Waals surface area contributed by atoms with Crippen LogP contribution in [0, 0.1) is 0 Å². The van der Waals surface area contributed by atoms with Gasteiger partial charge in [0.25, 0.3) is 5.91 Å². The van der Waals surface area contributed by atoms with Gasteiger partial charge in [0.15, 0.2) is 9.84 Å². The van der Waals surface area contributed by atoms with Crippen LogP contribution in [0.5, 0.6) is 0 Å². The molecule has 0 aromatic heterocycles. The Morgan fingerprint density at radius 1 is 1.47 bits per heavy atom. The molecule has 0 aliphatic rings. The lowest BCUT2D eigenvalue weighted by Crippen LogP contribution is -2.36. The summed E-state index contributed by atoms with van der Waals surface area (Å²) in [4.78, 5) is 11.8. The second-order valence-corrected chi connectivity index (χ2v) is 6.57. The number of carbonyl (C=O) groups excluding carboxylic acids is 1. The van der Waals surface area contributed by atoms with E-state index in [9.17, 15) is 13.2 Å². The zero-order valence-electron chi connectivity index (χ0n) is 10.7. The maximum Gasteiger partial charge on any atom is 0.251 e. The Bertz CT molecular complexity index is 567. The number of aliphatic hydroxyl groups excluding tert-OH is 1. The summed E-state index contributed by atoms with van der Waals surface area (Å²) in [6.07, 6.45) is 1.60. The van der Waals surface area contributed by atoms with Gasteiger partial charge in [0.2, 0.25) is 0 Å². The lowest BCUT2D eigenvalue weighted by atomic mass is 10.2. The van der Waals surface area contributed by atoms with E-state index in [0.717, 1.165) is 6.26 Å². The molecule has 0 aliphatic carbocycles. The van der Waals surface area contributed by atoms with Crippen molar-refractivity contribution in [3.63, 3.8) is 0 Å². The van der Waals surface area contributed by atoms with Gasteiger partial charge in [0, 0.05) is 11.8 Å². The molecular weight excluding hydrogens is 290 g/mol. The number of hydrogen-bond acceptors (Lipinski definition) is 4. The highest BCUT2D eigenvalue weighted by molar-refractivity contribution is 7.90. The first-order chi connectivity index (χ1) is 8.79. The van der Waals surface area contributed by atoms with Crippen LogP contribution < -0.4 is 5.32 Å². The first-order valence-corrected chi connectivity index (χ1v) is 7.97. The Hall–Kier alpha value is -1.11. The molecule has 2 N–H and O–H groups in total. The predicted molar refractivity (Wildman–Crippen MR) is 73.2 cm³/mol. The summed E-state index contributed by atoms with van der Waals surface area (Å²) >= 11 is 5.79. The number of halogens is 1. The Morgan fingerprint density at radius 3 is 2.58 bits per heavy atom. The molecule has 5 nitrogen and oxygen atoms in total. The topological polar surface area (TPSA) is 83.5 Å². The van der Waals surface area contributed by atoms with E-state index in [0.29, 0.717) is 6.42 Å². The van der Waals surface area contributed by atoms with Gasteiger partial charge in [-0.3, -0.25) is 4.79 Å². The van der Waals surface area contributed by atoms with Crippen LogP contribution in [-0.2, 0) is 9.84 Å². The minimum atomic E-state index is -3.49. The number of rotatable bonds is 5. The van der Waals surface area contributed by atoms with Crippen molar-refractivity contribution in [2.24, 2.45) is 0 Å². The van der Waals surface area contributed by atoms with E-state index in [1.54, 1.807) is 0 Å². The van der Waals surface area contributed by atoms with E-state index in [1.807, 2.05) is 6.92 Å². The highest BCUT2D eigenvalue weighted by Gasteiger charge is 2.17. The maximum atomic E-state index is 11.9. The molecule has 1 amide bonds. The minimum absolute atomic E-state index is 0.0771. The smallest absolute Gasteiger partial charge is 0.251 e. The van der Waals surface area contributed by atoms with Gasteiger partial charge in [-0.2, -0.15) is 0 Å². The summed E-state index contributed by atoms with van der Waals surface area (Å²) in [6.45, 7) is 1.65. The molecule has 0 radical (unpaired) electrons. The molecule has 1 rings (SSSR count). The third kappa shape index (κ3) is 4.19. The van der Waals surface area contributed by atoms with Crippen LogP contribution >= 0.6 is 11.6 Å². The Kier molecular flexibility index (Phi) is 5.34. The summed E-state index contributed by atoms with van der Waals surface area (Å²) in [5.74, 6) is -0.442. The summed E-state index contributed by atoms with van der Waals surface area (Å²) in [6, 6.07) is 3.69. The molecule has 0 aliphatic heterocycles. The molecule has 0 unspecified atom stereocenters. The van der Waals surface area contributed by atoms with Gasteiger partial charge in [-0.15, -0.1) is 0 Å². The van der Waals surface area contributed by atoms with Gasteiger partial charge in [-0.1, -0.05) is 18.5 Å². The molecule has 1 atom stereocenters. The van der Waals surface area contributed by atoms with Crippen LogP contribution in [0.25, 0.3) is 0 Å². The van der Waals surface area contributed by atoms with Crippen LogP contribution in [-0.4, -0.2) is 38.3 Å². The van der Waals surface area contributed by atoms with E-state index in [4.69, 9.17) is 16.7 Å². The van der Waals surface area contributed by atoms with Gasteiger partial charge in [-0.05, 0) is 24.6 Å². The second kappa shape index (κ2) is 6.36. The average Bonchev–Trinajstić information content (AvgIpc) is 2.34. The first-order valence-electron chi connectivity index (χ1n) is 5.71. The molecule has 0 bridgehead atoms. The minimum Gasteiger partial charge on any atom is -0.394 e. The number of sulfone groups is 1. The Balaban J connectivity index is 3.06. The van der Waals surface area contributed by atoms with Crippen LogP contribution in [0.3, 0.4) is 0 Å². The third-order valence-electron chi connectivity index (χ3n) is 2.64. The predicted octanol–water partition coefficient (Wildman–Crippen LogP) is 1.24. The lowest BCUT2D eigenvalue weighted by molar-refractivity contribution is 0.0914. The summed E-state index contributed by atoms with van der Waals surface area (Å²) in [5.41, 5.74) is 0.191. The summed E-state index contributed by atoms with van der Waals surface area (Å²) < 4.78 is 23.0. The number of nitrogens with one attached hydrogen (secondary N) is 1. The largest absolute Gasteiger partial charge is 0.394 e. The van der Waals surface area contributed by atoms with Crippen molar-refractivity contribution in [2.75, 3.05) is 12.9 Å². The Labute approximate surface area is 117 Å². The zero-order valence-corrected chi connectivity index (χ0v) is 12.3. The molecule has 0 fully saturated rings. The van der Waals surface area contributed by atoms with Crippen molar-refractivity contribution in [1.82, 2.24) is 5.32 Å². The fourth-order valence-electron chi connectivity index (χ4n) is 1.47. The maximum absolute atomic E-state index is 11.9. The number of benzene rings is 1. The van der Waals surface area contributed by atoms with Crippen molar-refractivity contribution in [1.29, 1.82) is 0 Å². The van der Waals surface area contributed by atoms with Crippen molar-refractivity contribution in [2.45, 2.75) is 24.3 Å². The van der Waals surface area contributed by atoms with Crippen LogP contribution in [0.15, 0.2) is 23.1 Å². The monoisotopic (exact) mass is 305 g/mol. The number of hydrogen-bond donors (Lipinski definition) is 2.